The minimum Gasteiger partial charge on any atom is -0.480 e. The van der Waals surface area contributed by atoms with Crippen LogP contribution in [0.2, 0.25) is 0 Å². The summed E-state index contributed by atoms with van der Waals surface area (Å²) in [7, 11) is 0. The zero-order valence-corrected chi connectivity index (χ0v) is 17.8. The van der Waals surface area contributed by atoms with Crippen molar-refractivity contribution < 1.29 is 14.6 Å². The van der Waals surface area contributed by atoms with Gasteiger partial charge in [-0.15, -0.1) is 11.3 Å². The summed E-state index contributed by atoms with van der Waals surface area (Å²) < 4.78 is 8.30. The smallest absolute Gasteiger partial charge is 0.332 e. The monoisotopic (exact) mass is 428 g/mol. The first kappa shape index (κ1) is 20.6. The third-order valence-corrected chi connectivity index (χ3v) is 6.65. The number of carboxylic acid groups (broad SMARTS) is 1. The topological polar surface area (TPSA) is 90.5 Å². The molecule has 158 valence electrons. The minimum absolute atomic E-state index is 0.387. The molecular formula is C22H24N2O5S. The summed E-state index contributed by atoms with van der Waals surface area (Å²) in [6, 6.07) is 9.97. The molecule has 0 saturated heterocycles. The van der Waals surface area contributed by atoms with Gasteiger partial charge in [0.15, 0.2) is 0 Å². The van der Waals surface area contributed by atoms with Gasteiger partial charge in [-0.05, 0) is 37.8 Å². The highest BCUT2D eigenvalue weighted by Crippen LogP contribution is 2.37. The van der Waals surface area contributed by atoms with Gasteiger partial charge in [0.05, 0.1) is 17.6 Å². The number of aromatic nitrogens is 2. The van der Waals surface area contributed by atoms with Crippen LogP contribution in [0.3, 0.4) is 0 Å². The molecule has 0 unspecified atom stereocenters. The lowest BCUT2D eigenvalue weighted by atomic mass is 9.94. The van der Waals surface area contributed by atoms with Crippen molar-refractivity contribution in [1.29, 1.82) is 0 Å². The molecule has 0 fully saturated rings. The predicted octanol–water partition coefficient (Wildman–Crippen LogP) is 2.79. The van der Waals surface area contributed by atoms with E-state index in [0.717, 1.165) is 21.4 Å². The first-order valence-corrected chi connectivity index (χ1v) is 10.8. The Kier molecular flexibility index (Phi) is 5.38. The number of ether oxygens (including phenoxy) is 1. The third-order valence-electron chi connectivity index (χ3n) is 5.42. The lowest BCUT2D eigenvalue weighted by molar-refractivity contribution is -0.137. The third kappa shape index (κ3) is 3.85. The van der Waals surface area contributed by atoms with Gasteiger partial charge in [-0.25, -0.2) is 9.36 Å². The molecule has 1 aliphatic rings. The molecule has 7 nitrogen and oxygen atoms in total. The van der Waals surface area contributed by atoms with Gasteiger partial charge < -0.3 is 9.84 Å². The molecular weight excluding hydrogens is 404 g/mol. The average molecular weight is 429 g/mol. The largest absolute Gasteiger partial charge is 0.480 e. The van der Waals surface area contributed by atoms with Crippen molar-refractivity contribution in [3.05, 3.63) is 67.2 Å². The van der Waals surface area contributed by atoms with Crippen LogP contribution in [0.15, 0.2) is 39.9 Å². The molecule has 0 radical (unpaired) electrons. The van der Waals surface area contributed by atoms with Crippen molar-refractivity contribution >= 4 is 27.5 Å². The van der Waals surface area contributed by atoms with Crippen molar-refractivity contribution in [3.63, 3.8) is 0 Å². The van der Waals surface area contributed by atoms with E-state index in [-0.39, 0.29) is 0 Å². The van der Waals surface area contributed by atoms with Crippen molar-refractivity contribution in [2.75, 3.05) is 0 Å². The van der Waals surface area contributed by atoms with E-state index in [9.17, 15) is 19.5 Å². The molecule has 4 rings (SSSR count). The zero-order chi connectivity index (χ0) is 21.5. The molecule has 0 spiro atoms. The molecule has 0 aliphatic carbocycles. The summed E-state index contributed by atoms with van der Waals surface area (Å²) in [5, 5.41) is 9.72. The Morgan fingerprint density at radius 2 is 1.93 bits per heavy atom. The predicted molar refractivity (Wildman–Crippen MR) is 115 cm³/mol. The van der Waals surface area contributed by atoms with E-state index in [1.165, 1.54) is 16.9 Å². The Balaban J connectivity index is 1.81. The normalized spacial score (nSPS) is 15.3. The van der Waals surface area contributed by atoms with Crippen LogP contribution in [-0.2, 0) is 42.1 Å². The van der Waals surface area contributed by atoms with Crippen molar-refractivity contribution in [2.45, 2.75) is 58.4 Å². The molecule has 30 heavy (non-hydrogen) atoms. The molecule has 1 N–H and O–H groups in total. The maximum absolute atomic E-state index is 13.1. The number of fused-ring (bicyclic) bond motifs is 3. The van der Waals surface area contributed by atoms with Gasteiger partial charge in [0.25, 0.3) is 5.56 Å². The fourth-order valence-electron chi connectivity index (χ4n) is 3.96. The van der Waals surface area contributed by atoms with E-state index in [4.69, 9.17) is 4.74 Å². The molecule has 8 heteroatoms. The Hall–Kier alpha value is -2.71. The van der Waals surface area contributed by atoms with Crippen LogP contribution < -0.4 is 11.2 Å². The number of carbonyl (C=O) groups is 1. The number of benzene rings is 1. The fraction of sp³-hybridized carbons (Fsp3) is 0.409. The molecule has 0 atom stereocenters. The van der Waals surface area contributed by atoms with Gasteiger partial charge in [0.1, 0.15) is 11.4 Å². The molecule has 0 bridgehead atoms. The van der Waals surface area contributed by atoms with Gasteiger partial charge in [-0.3, -0.25) is 14.2 Å². The van der Waals surface area contributed by atoms with Crippen LogP contribution in [0.4, 0.5) is 0 Å². The van der Waals surface area contributed by atoms with E-state index in [1.54, 1.807) is 4.57 Å². The number of carboxylic acids is 1. The van der Waals surface area contributed by atoms with Crippen LogP contribution in [0.5, 0.6) is 0 Å². The first-order valence-electron chi connectivity index (χ1n) is 9.94. The van der Waals surface area contributed by atoms with E-state index in [1.807, 2.05) is 44.2 Å². The van der Waals surface area contributed by atoms with E-state index < -0.39 is 29.4 Å². The number of rotatable bonds is 6. The summed E-state index contributed by atoms with van der Waals surface area (Å²) in [5.74, 6) is -1.21. The lowest BCUT2D eigenvalue weighted by Gasteiger charge is -2.29. The average Bonchev–Trinajstić information content (AvgIpc) is 3.06. The van der Waals surface area contributed by atoms with Crippen molar-refractivity contribution in [2.24, 2.45) is 0 Å². The highest BCUT2D eigenvalue weighted by Gasteiger charge is 2.32. The van der Waals surface area contributed by atoms with Gasteiger partial charge >= 0.3 is 11.7 Å². The standard InChI is InChI=1S/C22H24N2O5S/c1-22(2)11-15-16(13-29-22)30-20-18(15)19(27)24(12-17(25)26)21(28)23(20)10-6-9-14-7-4-3-5-8-14/h3-5,7-8H,6,9-13H2,1-2H3,(H,25,26). The Morgan fingerprint density at radius 3 is 2.63 bits per heavy atom. The molecule has 1 aromatic carbocycles. The number of thiophene rings is 1. The number of aryl methyl sites for hydroxylation is 2. The second-order valence-corrected chi connectivity index (χ2v) is 9.30. The molecule has 0 amide bonds. The number of nitrogens with zero attached hydrogens (tertiary/aromatic N) is 2. The molecule has 3 aromatic rings. The van der Waals surface area contributed by atoms with Crippen molar-refractivity contribution in [1.82, 2.24) is 9.13 Å². The minimum atomic E-state index is -1.21. The summed E-state index contributed by atoms with van der Waals surface area (Å²) in [5.41, 5.74) is 0.543. The lowest BCUT2D eigenvalue weighted by Crippen LogP contribution is -2.42. The highest BCUT2D eigenvalue weighted by atomic mass is 32.1. The molecule has 3 heterocycles. The first-order chi connectivity index (χ1) is 14.3. The fourth-order valence-corrected chi connectivity index (χ4v) is 5.20. The van der Waals surface area contributed by atoms with Crippen LogP contribution in [0, 0.1) is 0 Å². The summed E-state index contributed by atoms with van der Waals surface area (Å²) in [6.07, 6.45) is 2.04. The maximum Gasteiger partial charge on any atom is 0.332 e. The quantitative estimate of drug-likeness (QED) is 0.652. The highest BCUT2D eigenvalue weighted by molar-refractivity contribution is 7.18. The zero-order valence-electron chi connectivity index (χ0n) is 17.0. The van der Waals surface area contributed by atoms with Gasteiger partial charge in [0.2, 0.25) is 0 Å². The summed E-state index contributed by atoms with van der Waals surface area (Å²) >= 11 is 1.41. The Morgan fingerprint density at radius 1 is 1.20 bits per heavy atom. The summed E-state index contributed by atoms with van der Waals surface area (Å²) in [4.78, 5) is 39.1. The van der Waals surface area contributed by atoms with E-state index in [0.29, 0.717) is 36.2 Å². The molecule has 1 aliphatic heterocycles. The number of hydrogen-bond acceptors (Lipinski definition) is 5. The van der Waals surface area contributed by atoms with Crippen LogP contribution in [0.1, 0.15) is 36.3 Å². The van der Waals surface area contributed by atoms with Crippen molar-refractivity contribution in [3.8, 4) is 0 Å². The second-order valence-electron chi connectivity index (χ2n) is 8.22. The van der Waals surface area contributed by atoms with Crippen LogP contribution >= 0.6 is 11.3 Å². The van der Waals surface area contributed by atoms with Crippen LogP contribution in [0.25, 0.3) is 10.2 Å². The van der Waals surface area contributed by atoms with Gasteiger partial charge in [-0.1, -0.05) is 30.3 Å². The molecule has 0 saturated carbocycles. The Labute approximate surface area is 177 Å². The Bertz CT molecular complexity index is 1220. The summed E-state index contributed by atoms with van der Waals surface area (Å²) in [6.45, 7) is 4.08. The van der Waals surface area contributed by atoms with Crippen LogP contribution in [-0.4, -0.2) is 25.8 Å². The van der Waals surface area contributed by atoms with Gasteiger partial charge in [-0.2, -0.15) is 0 Å². The second kappa shape index (κ2) is 7.85. The SMILES string of the molecule is CC1(C)Cc2c(sc3c2c(=O)n(CC(=O)O)c(=O)n3CCCc2ccccc2)CO1. The van der Waals surface area contributed by atoms with Gasteiger partial charge in [0, 0.05) is 17.8 Å². The number of hydrogen-bond donors (Lipinski definition) is 1. The maximum atomic E-state index is 13.1. The van der Waals surface area contributed by atoms with E-state index >= 15 is 0 Å². The molecule has 2 aromatic heterocycles. The number of aliphatic carboxylic acids is 1. The van der Waals surface area contributed by atoms with E-state index in [2.05, 4.69) is 0 Å².